The number of ether oxygens (including phenoxy) is 2. The van der Waals surface area contributed by atoms with Crippen LogP contribution in [0.1, 0.15) is 29.8 Å². The largest absolute Gasteiger partial charge is 0.489 e. The summed E-state index contributed by atoms with van der Waals surface area (Å²) in [7, 11) is 0. The maximum Gasteiger partial charge on any atom is 0.330 e. The van der Waals surface area contributed by atoms with E-state index >= 15 is 0 Å². The third-order valence-corrected chi connectivity index (χ3v) is 5.33. The van der Waals surface area contributed by atoms with E-state index in [1.54, 1.807) is 6.92 Å². The van der Waals surface area contributed by atoms with E-state index in [1.807, 2.05) is 54.6 Å². The molecule has 1 aromatic heterocycles. The molecule has 3 aromatic rings. The van der Waals surface area contributed by atoms with Crippen molar-refractivity contribution >= 4 is 0 Å². The zero-order valence-corrected chi connectivity index (χ0v) is 17.0. The van der Waals surface area contributed by atoms with Crippen LogP contribution >= 0.6 is 0 Å². The Hall–Kier alpha value is -3.20. The number of benzene rings is 2. The van der Waals surface area contributed by atoms with Crippen molar-refractivity contribution in [2.24, 2.45) is 0 Å². The number of H-pyrrole nitrogens is 1. The molecule has 2 heterocycles. The van der Waals surface area contributed by atoms with E-state index in [4.69, 9.17) is 9.47 Å². The van der Waals surface area contributed by atoms with Crippen LogP contribution in [0.15, 0.2) is 70.4 Å². The van der Waals surface area contributed by atoms with E-state index in [0.717, 1.165) is 15.7 Å². The molecule has 0 aliphatic carbocycles. The molecule has 1 aliphatic rings. The zero-order valence-electron chi connectivity index (χ0n) is 17.0. The summed E-state index contributed by atoms with van der Waals surface area (Å²) in [4.78, 5) is 26.9. The summed E-state index contributed by atoms with van der Waals surface area (Å²) < 4.78 is 12.5. The van der Waals surface area contributed by atoms with Gasteiger partial charge < -0.3 is 19.7 Å². The summed E-state index contributed by atoms with van der Waals surface area (Å²) in [5.41, 5.74) is 0.965. The number of aromatic nitrogens is 2. The van der Waals surface area contributed by atoms with Crippen LogP contribution in [0.3, 0.4) is 0 Å². The Balaban J connectivity index is 1.54. The lowest BCUT2D eigenvalue weighted by molar-refractivity contribution is -0.0352. The topological polar surface area (TPSA) is 114 Å². The second-order valence-corrected chi connectivity index (χ2v) is 7.63. The average Bonchev–Trinajstić information content (AvgIpc) is 3.02. The Morgan fingerprint density at radius 2 is 1.77 bits per heavy atom. The molecule has 0 unspecified atom stereocenters. The first-order valence-electron chi connectivity index (χ1n) is 10.0. The van der Waals surface area contributed by atoms with E-state index in [9.17, 15) is 19.8 Å². The van der Waals surface area contributed by atoms with Crippen molar-refractivity contribution in [1.82, 2.24) is 9.55 Å². The highest BCUT2D eigenvalue weighted by Gasteiger charge is 2.41. The normalized spacial score (nSPS) is 23.1. The molecule has 1 aliphatic heterocycles. The van der Waals surface area contributed by atoms with Gasteiger partial charge in [-0.05, 0) is 30.2 Å². The molecule has 31 heavy (non-hydrogen) atoms. The number of hydrogen-bond acceptors (Lipinski definition) is 6. The van der Waals surface area contributed by atoms with Crippen LogP contribution in [0.5, 0.6) is 5.75 Å². The summed E-state index contributed by atoms with van der Waals surface area (Å²) >= 11 is 0. The molecule has 0 radical (unpaired) electrons. The Morgan fingerprint density at radius 3 is 2.48 bits per heavy atom. The van der Waals surface area contributed by atoms with Crippen LogP contribution in [0.25, 0.3) is 0 Å². The second kappa shape index (κ2) is 8.89. The zero-order chi connectivity index (χ0) is 22.0. The standard InChI is InChI=1S/C23H24N2O6/c1-14-19(26)20(27)22(31-14)25-12-17(21(28)24-23(25)29)10-16-8-5-9-18(11-16)30-13-15-6-3-2-4-7-15/h2-9,11-12,14,19-20,22,26-27H,10,13H2,1H3,(H,24,28,29)/t14-,19-,20-,22-/m1/s1. The van der Waals surface area contributed by atoms with Crippen LogP contribution in [0, 0.1) is 0 Å². The maximum atomic E-state index is 12.4. The Labute approximate surface area is 178 Å². The van der Waals surface area contributed by atoms with Gasteiger partial charge in [0.05, 0.1) is 6.10 Å². The molecule has 0 saturated carbocycles. The van der Waals surface area contributed by atoms with Crippen molar-refractivity contribution in [3.05, 3.63) is 98.3 Å². The van der Waals surface area contributed by atoms with Crippen LogP contribution in [0.4, 0.5) is 0 Å². The summed E-state index contributed by atoms with van der Waals surface area (Å²) in [6.07, 6.45) is -2.49. The van der Waals surface area contributed by atoms with Gasteiger partial charge in [0.1, 0.15) is 24.6 Å². The fraction of sp³-hybridized carbons (Fsp3) is 0.304. The highest BCUT2D eigenvalue weighted by molar-refractivity contribution is 5.32. The fourth-order valence-electron chi connectivity index (χ4n) is 3.61. The first kappa shape index (κ1) is 21.0. The van der Waals surface area contributed by atoms with Crippen molar-refractivity contribution in [2.45, 2.75) is 44.5 Å². The minimum Gasteiger partial charge on any atom is -0.489 e. The van der Waals surface area contributed by atoms with Crippen molar-refractivity contribution in [2.75, 3.05) is 0 Å². The smallest absolute Gasteiger partial charge is 0.330 e. The van der Waals surface area contributed by atoms with Crippen molar-refractivity contribution in [3.8, 4) is 5.75 Å². The number of aromatic amines is 1. The second-order valence-electron chi connectivity index (χ2n) is 7.63. The molecule has 1 saturated heterocycles. The van der Waals surface area contributed by atoms with Gasteiger partial charge in [0.15, 0.2) is 6.23 Å². The van der Waals surface area contributed by atoms with E-state index in [0.29, 0.717) is 17.9 Å². The van der Waals surface area contributed by atoms with E-state index in [-0.39, 0.29) is 6.42 Å². The van der Waals surface area contributed by atoms with Crippen LogP contribution in [0.2, 0.25) is 0 Å². The highest BCUT2D eigenvalue weighted by atomic mass is 16.6. The maximum absolute atomic E-state index is 12.4. The number of nitrogens with zero attached hydrogens (tertiary/aromatic N) is 1. The Bertz CT molecular complexity index is 1160. The number of aliphatic hydroxyl groups excluding tert-OH is 2. The molecule has 1 fully saturated rings. The van der Waals surface area contributed by atoms with Crippen LogP contribution < -0.4 is 16.0 Å². The molecular weight excluding hydrogens is 400 g/mol. The third-order valence-electron chi connectivity index (χ3n) is 5.33. The molecule has 0 amide bonds. The van der Waals surface area contributed by atoms with Gasteiger partial charge in [-0.15, -0.1) is 0 Å². The lowest BCUT2D eigenvalue weighted by atomic mass is 10.1. The van der Waals surface area contributed by atoms with Gasteiger partial charge in [-0.2, -0.15) is 0 Å². The Kier molecular flexibility index (Phi) is 6.03. The summed E-state index contributed by atoms with van der Waals surface area (Å²) in [5, 5.41) is 20.1. The lowest BCUT2D eigenvalue weighted by Gasteiger charge is -2.18. The number of hydrogen-bond donors (Lipinski definition) is 3. The van der Waals surface area contributed by atoms with Crippen molar-refractivity contribution in [1.29, 1.82) is 0 Å². The monoisotopic (exact) mass is 424 g/mol. The van der Waals surface area contributed by atoms with Gasteiger partial charge in [0.25, 0.3) is 5.56 Å². The molecule has 3 N–H and O–H groups in total. The van der Waals surface area contributed by atoms with Gasteiger partial charge >= 0.3 is 5.69 Å². The van der Waals surface area contributed by atoms with Gasteiger partial charge in [-0.1, -0.05) is 42.5 Å². The molecular formula is C23H24N2O6. The Morgan fingerprint density at radius 1 is 1.03 bits per heavy atom. The van der Waals surface area contributed by atoms with E-state index < -0.39 is 35.8 Å². The number of aliphatic hydroxyl groups is 2. The molecule has 162 valence electrons. The van der Waals surface area contributed by atoms with Crippen molar-refractivity contribution < 1.29 is 19.7 Å². The van der Waals surface area contributed by atoms with Gasteiger partial charge in [0, 0.05) is 18.2 Å². The van der Waals surface area contributed by atoms with Gasteiger partial charge in [-0.3, -0.25) is 14.3 Å². The predicted octanol–water partition coefficient (Wildman–Crippen LogP) is 1.35. The first-order chi connectivity index (χ1) is 14.9. The van der Waals surface area contributed by atoms with Crippen LogP contribution in [-0.4, -0.2) is 38.1 Å². The first-order valence-corrected chi connectivity index (χ1v) is 10.0. The fourth-order valence-corrected chi connectivity index (χ4v) is 3.61. The minimum atomic E-state index is -1.28. The summed E-state index contributed by atoms with van der Waals surface area (Å²) in [6.45, 7) is 2.03. The lowest BCUT2D eigenvalue weighted by Crippen LogP contribution is -2.38. The van der Waals surface area contributed by atoms with Gasteiger partial charge in [-0.25, -0.2) is 4.79 Å². The molecule has 0 spiro atoms. The van der Waals surface area contributed by atoms with E-state index in [1.165, 1.54) is 6.20 Å². The van der Waals surface area contributed by atoms with Crippen LogP contribution in [-0.2, 0) is 17.8 Å². The quantitative estimate of drug-likeness (QED) is 0.550. The SMILES string of the molecule is C[C@H]1O[C@@H](n2cc(Cc3cccc(OCc4ccccc4)c3)c(=O)[nH]c2=O)[C@H](O)[C@@H]1O. The molecule has 8 nitrogen and oxygen atoms in total. The summed E-state index contributed by atoms with van der Waals surface area (Å²) in [6, 6.07) is 17.2. The average molecular weight is 424 g/mol. The van der Waals surface area contributed by atoms with E-state index in [2.05, 4.69) is 4.98 Å². The minimum absolute atomic E-state index is 0.249. The molecule has 8 heteroatoms. The summed E-state index contributed by atoms with van der Waals surface area (Å²) in [5.74, 6) is 0.664. The third kappa shape index (κ3) is 4.61. The molecule has 2 aromatic carbocycles. The molecule has 4 atom stereocenters. The highest BCUT2D eigenvalue weighted by Crippen LogP contribution is 2.28. The number of nitrogens with one attached hydrogen (secondary N) is 1. The van der Waals surface area contributed by atoms with Gasteiger partial charge in [0.2, 0.25) is 0 Å². The molecule has 4 rings (SSSR count). The van der Waals surface area contributed by atoms with Crippen molar-refractivity contribution in [3.63, 3.8) is 0 Å². The molecule has 0 bridgehead atoms. The predicted molar refractivity (Wildman–Crippen MR) is 113 cm³/mol. The number of rotatable bonds is 6.